The molecule has 0 radical (unpaired) electrons. The van der Waals surface area contributed by atoms with Gasteiger partial charge in [-0.15, -0.1) is 0 Å². The molecule has 4 rings (SSSR count). The number of benzene rings is 1. The van der Waals surface area contributed by atoms with Gasteiger partial charge in [0.2, 0.25) is 0 Å². The first kappa shape index (κ1) is 11.4. The number of methoxy groups -OCH3 is 1. The SMILES string of the molecule is COc1ccc2c3c([nH]c2c1)C1CCCN(CC3)C1. The number of nitrogens with zero attached hydrogens (tertiary/aromatic N) is 1. The second-order valence-corrected chi connectivity index (χ2v) is 5.82. The van der Waals surface area contributed by atoms with E-state index in [2.05, 4.69) is 28.1 Å². The first-order chi connectivity index (χ1) is 9.35. The van der Waals surface area contributed by atoms with E-state index >= 15 is 0 Å². The fourth-order valence-corrected chi connectivity index (χ4v) is 3.76. The Balaban J connectivity index is 1.87. The highest BCUT2D eigenvalue weighted by Gasteiger charge is 2.28. The predicted octanol–water partition coefficient (Wildman–Crippen LogP) is 2.91. The highest BCUT2D eigenvalue weighted by atomic mass is 16.5. The molecule has 2 aromatic rings. The summed E-state index contributed by atoms with van der Waals surface area (Å²) in [6.45, 7) is 3.73. The zero-order chi connectivity index (χ0) is 12.8. The molecule has 2 bridgehead atoms. The molecule has 100 valence electrons. The van der Waals surface area contributed by atoms with Crippen LogP contribution in [0.25, 0.3) is 10.9 Å². The van der Waals surface area contributed by atoms with Gasteiger partial charge in [-0.3, -0.25) is 0 Å². The summed E-state index contributed by atoms with van der Waals surface area (Å²) in [6, 6.07) is 6.42. The minimum Gasteiger partial charge on any atom is -0.497 e. The van der Waals surface area contributed by atoms with Crippen molar-refractivity contribution in [2.45, 2.75) is 25.2 Å². The van der Waals surface area contributed by atoms with Crippen LogP contribution in [0.4, 0.5) is 0 Å². The Morgan fingerprint density at radius 1 is 1.32 bits per heavy atom. The molecule has 19 heavy (non-hydrogen) atoms. The third-order valence-electron chi connectivity index (χ3n) is 4.74. The summed E-state index contributed by atoms with van der Waals surface area (Å²) in [5.74, 6) is 1.64. The number of H-pyrrole nitrogens is 1. The van der Waals surface area contributed by atoms with Crippen LogP contribution in [0.1, 0.15) is 30.0 Å². The molecule has 0 saturated carbocycles. The summed E-state index contributed by atoms with van der Waals surface area (Å²) >= 11 is 0. The fraction of sp³-hybridized carbons (Fsp3) is 0.500. The lowest BCUT2D eigenvalue weighted by molar-refractivity contribution is 0.217. The van der Waals surface area contributed by atoms with Crippen molar-refractivity contribution in [3.05, 3.63) is 29.5 Å². The molecular formula is C16H20N2O. The topological polar surface area (TPSA) is 28.3 Å². The number of aromatic nitrogens is 1. The van der Waals surface area contributed by atoms with Crippen molar-refractivity contribution in [1.29, 1.82) is 0 Å². The van der Waals surface area contributed by atoms with Gasteiger partial charge in [0.1, 0.15) is 5.75 Å². The van der Waals surface area contributed by atoms with Crippen LogP contribution in [0, 0.1) is 0 Å². The number of aromatic amines is 1. The summed E-state index contributed by atoms with van der Waals surface area (Å²) in [7, 11) is 1.73. The third-order valence-corrected chi connectivity index (χ3v) is 4.74. The summed E-state index contributed by atoms with van der Waals surface area (Å²) < 4.78 is 5.33. The van der Waals surface area contributed by atoms with E-state index in [0.29, 0.717) is 5.92 Å². The Morgan fingerprint density at radius 2 is 2.26 bits per heavy atom. The van der Waals surface area contributed by atoms with Crippen LogP contribution in [-0.4, -0.2) is 36.6 Å². The molecule has 1 fully saturated rings. The molecule has 3 heterocycles. The lowest BCUT2D eigenvalue weighted by Crippen LogP contribution is -2.33. The van der Waals surface area contributed by atoms with Crippen LogP contribution < -0.4 is 4.74 Å². The maximum absolute atomic E-state index is 5.33. The Hall–Kier alpha value is -1.48. The van der Waals surface area contributed by atoms with Crippen molar-refractivity contribution < 1.29 is 4.74 Å². The van der Waals surface area contributed by atoms with E-state index in [1.165, 1.54) is 55.5 Å². The number of nitrogens with one attached hydrogen (secondary N) is 1. The average molecular weight is 256 g/mol. The normalized spacial score (nSPS) is 25.9. The van der Waals surface area contributed by atoms with E-state index in [9.17, 15) is 0 Å². The van der Waals surface area contributed by atoms with Crippen molar-refractivity contribution in [2.75, 3.05) is 26.7 Å². The molecule has 1 saturated heterocycles. The molecule has 2 aliphatic rings. The maximum Gasteiger partial charge on any atom is 0.120 e. The molecule has 1 N–H and O–H groups in total. The molecule has 0 aliphatic carbocycles. The first-order valence-electron chi connectivity index (χ1n) is 7.26. The number of hydrogen-bond acceptors (Lipinski definition) is 2. The lowest BCUT2D eigenvalue weighted by Gasteiger charge is -2.29. The number of hydrogen-bond donors (Lipinski definition) is 1. The fourth-order valence-electron chi connectivity index (χ4n) is 3.76. The predicted molar refractivity (Wildman–Crippen MR) is 77.0 cm³/mol. The number of rotatable bonds is 1. The smallest absolute Gasteiger partial charge is 0.120 e. The number of piperidine rings is 1. The Kier molecular flexibility index (Phi) is 2.55. The standard InChI is InChI=1S/C16H20N2O/c1-19-12-4-5-13-14-6-8-18-7-2-3-11(10-18)16(14)17-15(13)9-12/h4-5,9,11,17H,2-3,6-8,10H2,1H3. The molecule has 1 aromatic carbocycles. The van der Waals surface area contributed by atoms with Crippen LogP contribution in [0.5, 0.6) is 5.75 Å². The van der Waals surface area contributed by atoms with E-state index in [-0.39, 0.29) is 0 Å². The molecule has 2 aliphatic heterocycles. The van der Waals surface area contributed by atoms with Crippen LogP contribution in [0.3, 0.4) is 0 Å². The second kappa shape index (κ2) is 4.27. The van der Waals surface area contributed by atoms with Crippen LogP contribution in [-0.2, 0) is 6.42 Å². The van der Waals surface area contributed by atoms with Crippen molar-refractivity contribution in [3.8, 4) is 5.75 Å². The molecule has 3 nitrogen and oxygen atoms in total. The largest absolute Gasteiger partial charge is 0.497 e. The molecular weight excluding hydrogens is 236 g/mol. The van der Waals surface area contributed by atoms with Gasteiger partial charge in [-0.2, -0.15) is 0 Å². The second-order valence-electron chi connectivity index (χ2n) is 5.82. The monoisotopic (exact) mass is 256 g/mol. The van der Waals surface area contributed by atoms with Gasteiger partial charge < -0.3 is 14.6 Å². The number of ether oxygens (including phenoxy) is 1. The van der Waals surface area contributed by atoms with Gasteiger partial charge in [-0.25, -0.2) is 0 Å². The third kappa shape index (κ3) is 1.76. The zero-order valence-corrected chi connectivity index (χ0v) is 11.4. The maximum atomic E-state index is 5.33. The molecule has 0 amide bonds. The molecule has 2 unspecified atom stereocenters. The van der Waals surface area contributed by atoms with Crippen molar-refractivity contribution >= 4 is 10.9 Å². The van der Waals surface area contributed by atoms with E-state index < -0.39 is 0 Å². The van der Waals surface area contributed by atoms with E-state index in [1.54, 1.807) is 12.7 Å². The van der Waals surface area contributed by atoms with Gasteiger partial charge in [0.15, 0.2) is 0 Å². The van der Waals surface area contributed by atoms with Gasteiger partial charge in [0, 0.05) is 41.7 Å². The minimum atomic E-state index is 0.699. The van der Waals surface area contributed by atoms with Crippen molar-refractivity contribution in [2.24, 2.45) is 0 Å². The van der Waals surface area contributed by atoms with Crippen molar-refractivity contribution in [1.82, 2.24) is 9.88 Å². The van der Waals surface area contributed by atoms with E-state index in [0.717, 1.165) is 5.75 Å². The van der Waals surface area contributed by atoms with Crippen LogP contribution in [0.2, 0.25) is 0 Å². The molecule has 3 heteroatoms. The highest BCUT2D eigenvalue weighted by molar-refractivity contribution is 5.86. The van der Waals surface area contributed by atoms with Crippen LogP contribution in [0.15, 0.2) is 18.2 Å². The summed E-state index contributed by atoms with van der Waals surface area (Å²) in [5.41, 5.74) is 4.28. The molecule has 1 aromatic heterocycles. The van der Waals surface area contributed by atoms with E-state index in [4.69, 9.17) is 4.74 Å². The van der Waals surface area contributed by atoms with Gasteiger partial charge in [-0.05, 0) is 43.5 Å². The van der Waals surface area contributed by atoms with Crippen molar-refractivity contribution in [3.63, 3.8) is 0 Å². The van der Waals surface area contributed by atoms with Gasteiger partial charge in [-0.1, -0.05) is 0 Å². The Labute approximate surface area is 113 Å². The van der Waals surface area contributed by atoms with E-state index in [1.807, 2.05) is 0 Å². The van der Waals surface area contributed by atoms with Crippen LogP contribution >= 0.6 is 0 Å². The highest BCUT2D eigenvalue weighted by Crippen LogP contribution is 2.36. The molecule has 0 spiro atoms. The summed E-state index contributed by atoms with van der Waals surface area (Å²) in [5, 5.41) is 1.39. The van der Waals surface area contributed by atoms with Gasteiger partial charge in [0.25, 0.3) is 0 Å². The summed E-state index contributed by atoms with van der Waals surface area (Å²) in [4.78, 5) is 6.30. The first-order valence-corrected chi connectivity index (χ1v) is 7.26. The summed E-state index contributed by atoms with van der Waals surface area (Å²) in [6.07, 6.45) is 3.84. The lowest BCUT2D eigenvalue weighted by atomic mass is 9.93. The molecule has 2 atom stereocenters. The minimum absolute atomic E-state index is 0.699. The quantitative estimate of drug-likeness (QED) is 0.849. The van der Waals surface area contributed by atoms with Gasteiger partial charge in [0.05, 0.1) is 7.11 Å². The zero-order valence-electron chi connectivity index (χ0n) is 11.4. The average Bonchev–Trinajstić information content (AvgIpc) is 2.77. The van der Waals surface area contributed by atoms with Gasteiger partial charge >= 0.3 is 0 Å². The Bertz CT molecular complexity index is 616. The Morgan fingerprint density at radius 3 is 3.16 bits per heavy atom. The number of fused-ring (bicyclic) bond motifs is 6.